The van der Waals surface area contributed by atoms with Gasteiger partial charge in [-0.25, -0.2) is 9.48 Å². The lowest BCUT2D eigenvalue weighted by Crippen LogP contribution is -2.43. The molecule has 0 bridgehead atoms. The molecule has 0 radical (unpaired) electrons. The number of hydrogen-bond donors (Lipinski definition) is 2. The fourth-order valence-electron chi connectivity index (χ4n) is 4.50. The van der Waals surface area contributed by atoms with Crippen LogP contribution in [-0.4, -0.2) is 72.9 Å². The van der Waals surface area contributed by atoms with Crippen molar-refractivity contribution in [3.8, 4) is 11.6 Å². The average Bonchev–Trinajstić information content (AvgIpc) is 3.39. The Bertz CT molecular complexity index is 1170. The number of amides is 2. The number of carbonyl (C=O) groups is 1. The maximum absolute atomic E-state index is 13.2. The Morgan fingerprint density at radius 1 is 1.05 bits per heavy atom. The van der Waals surface area contributed by atoms with E-state index in [0.717, 1.165) is 5.56 Å². The molecular formula is C26H30F3N5O3. The van der Waals surface area contributed by atoms with Crippen molar-refractivity contribution in [2.45, 2.75) is 25.1 Å². The first-order valence-electron chi connectivity index (χ1n) is 11.9. The van der Waals surface area contributed by atoms with Crippen LogP contribution in [0, 0.1) is 6.92 Å². The number of alkyl halides is 3. The van der Waals surface area contributed by atoms with Crippen molar-refractivity contribution in [1.29, 1.82) is 0 Å². The summed E-state index contributed by atoms with van der Waals surface area (Å²) in [5.74, 6) is 0.454. The van der Waals surface area contributed by atoms with Gasteiger partial charge in [-0.05, 0) is 24.6 Å². The molecule has 4 rings (SSSR count). The number of para-hydroxylation sites is 1. The van der Waals surface area contributed by atoms with Crippen LogP contribution in [-0.2, 0) is 4.74 Å². The molecule has 2 aromatic carbocycles. The highest BCUT2D eigenvalue weighted by Gasteiger charge is 2.40. The summed E-state index contributed by atoms with van der Waals surface area (Å²) in [6.45, 7) is 1.67. The topological polar surface area (TPSA) is 80.6 Å². The standard InChI is InChI=1S/C26H30F3N5O3/c1-18-23(34(20-11-7-4-8-12-20)32-24(18)37-14-13-36-2)31-25(35)30-22-16-33(17-26(27,28)29)15-21(22)19-9-5-3-6-10-19/h3-12,21-22H,13-17H2,1-2H3,(H2,30,31,35)/t21-,22+/m1/s1. The van der Waals surface area contributed by atoms with Crippen molar-refractivity contribution in [2.75, 3.05) is 45.3 Å². The fraction of sp³-hybridized carbons (Fsp3) is 0.385. The van der Waals surface area contributed by atoms with E-state index in [2.05, 4.69) is 15.7 Å². The van der Waals surface area contributed by atoms with Gasteiger partial charge >= 0.3 is 12.2 Å². The van der Waals surface area contributed by atoms with Gasteiger partial charge in [0.1, 0.15) is 12.4 Å². The summed E-state index contributed by atoms with van der Waals surface area (Å²) >= 11 is 0. The maximum Gasteiger partial charge on any atom is 0.401 e. The third-order valence-electron chi connectivity index (χ3n) is 6.18. The monoisotopic (exact) mass is 517 g/mol. The van der Waals surface area contributed by atoms with Crippen molar-refractivity contribution >= 4 is 11.8 Å². The molecule has 0 spiro atoms. The summed E-state index contributed by atoms with van der Waals surface area (Å²) < 4.78 is 51.7. The van der Waals surface area contributed by atoms with Gasteiger partial charge in [-0.3, -0.25) is 10.2 Å². The molecule has 1 saturated heterocycles. The number of likely N-dealkylation sites (tertiary alicyclic amines) is 1. The Labute approximate surface area is 213 Å². The van der Waals surface area contributed by atoms with E-state index in [1.54, 1.807) is 18.7 Å². The summed E-state index contributed by atoms with van der Waals surface area (Å²) in [5, 5.41) is 10.3. The molecule has 37 heavy (non-hydrogen) atoms. The third-order valence-corrected chi connectivity index (χ3v) is 6.18. The predicted molar refractivity (Wildman–Crippen MR) is 133 cm³/mol. The van der Waals surface area contributed by atoms with E-state index in [-0.39, 0.29) is 25.6 Å². The number of hydrogen-bond acceptors (Lipinski definition) is 5. The number of ether oxygens (including phenoxy) is 2. The minimum absolute atomic E-state index is 0.0782. The van der Waals surface area contributed by atoms with Crippen LogP contribution in [0.3, 0.4) is 0 Å². The highest BCUT2D eigenvalue weighted by molar-refractivity contribution is 5.90. The van der Waals surface area contributed by atoms with Crippen molar-refractivity contribution < 1.29 is 27.4 Å². The Hall–Kier alpha value is -3.57. The Kier molecular flexibility index (Phi) is 8.34. The van der Waals surface area contributed by atoms with E-state index < -0.39 is 24.8 Å². The largest absolute Gasteiger partial charge is 0.474 e. The second-order valence-corrected chi connectivity index (χ2v) is 8.90. The first-order valence-corrected chi connectivity index (χ1v) is 11.9. The van der Waals surface area contributed by atoms with Gasteiger partial charge in [0.15, 0.2) is 0 Å². The van der Waals surface area contributed by atoms with Crippen LogP contribution in [0.4, 0.5) is 23.8 Å². The molecule has 2 N–H and O–H groups in total. The highest BCUT2D eigenvalue weighted by atomic mass is 19.4. The van der Waals surface area contributed by atoms with Gasteiger partial charge in [-0.15, -0.1) is 5.10 Å². The molecule has 1 aliphatic heterocycles. The van der Waals surface area contributed by atoms with Crippen LogP contribution in [0.15, 0.2) is 60.7 Å². The number of carbonyl (C=O) groups excluding carboxylic acids is 1. The second-order valence-electron chi connectivity index (χ2n) is 8.90. The molecule has 3 aromatic rings. The van der Waals surface area contributed by atoms with Gasteiger partial charge in [0.25, 0.3) is 0 Å². The molecule has 2 atom stereocenters. The molecule has 1 aromatic heterocycles. The molecule has 8 nitrogen and oxygen atoms in total. The molecule has 1 aliphatic rings. The number of methoxy groups -OCH3 is 1. The summed E-state index contributed by atoms with van der Waals surface area (Å²) in [4.78, 5) is 14.5. The average molecular weight is 518 g/mol. The number of rotatable bonds is 9. The van der Waals surface area contributed by atoms with Crippen LogP contribution in [0.25, 0.3) is 5.69 Å². The van der Waals surface area contributed by atoms with Gasteiger partial charge < -0.3 is 14.8 Å². The van der Waals surface area contributed by atoms with Crippen molar-refractivity contribution in [2.24, 2.45) is 0 Å². The van der Waals surface area contributed by atoms with Crippen LogP contribution < -0.4 is 15.4 Å². The van der Waals surface area contributed by atoms with Crippen molar-refractivity contribution in [1.82, 2.24) is 20.0 Å². The summed E-state index contributed by atoms with van der Waals surface area (Å²) in [6, 6.07) is 17.4. The van der Waals surface area contributed by atoms with Gasteiger partial charge in [-0.2, -0.15) is 13.2 Å². The zero-order valence-corrected chi connectivity index (χ0v) is 20.7. The fourth-order valence-corrected chi connectivity index (χ4v) is 4.50. The predicted octanol–water partition coefficient (Wildman–Crippen LogP) is 4.36. The number of benzene rings is 2. The van der Waals surface area contributed by atoms with E-state index in [4.69, 9.17) is 9.47 Å². The number of anilines is 1. The number of aromatic nitrogens is 2. The molecule has 2 amide bonds. The van der Waals surface area contributed by atoms with Gasteiger partial charge in [0, 0.05) is 26.1 Å². The minimum atomic E-state index is -4.32. The lowest BCUT2D eigenvalue weighted by Gasteiger charge is -2.21. The summed E-state index contributed by atoms with van der Waals surface area (Å²) in [7, 11) is 1.57. The van der Waals surface area contributed by atoms with E-state index in [9.17, 15) is 18.0 Å². The molecular weight excluding hydrogens is 487 g/mol. The molecule has 0 unspecified atom stereocenters. The number of urea groups is 1. The third kappa shape index (κ3) is 6.80. The van der Waals surface area contributed by atoms with E-state index >= 15 is 0 Å². The lowest BCUT2D eigenvalue weighted by molar-refractivity contribution is -0.143. The summed E-state index contributed by atoms with van der Waals surface area (Å²) in [6.07, 6.45) is -4.32. The Morgan fingerprint density at radius 2 is 1.73 bits per heavy atom. The van der Waals surface area contributed by atoms with Gasteiger partial charge in [-0.1, -0.05) is 48.5 Å². The van der Waals surface area contributed by atoms with Crippen molar-refractivity contribution in [3.63, 3.8) is 0 Å². The number of halogens is 3. The summed E-state index contributed by atoms with van der Waals surface area (Å²) in [5.41, 5.74) is 2.19. The zero-order chi connectivity index (χ0) is 26.4. The highest BCUT2D eigenvalue weighted by Crippen LogP contribution is 2.31. The number of nitrogens with one attached hydrogen (secondary N) is 2. The van der Waals surface area contributed by atoms with Crippen LogP contribution in [0.5, 0.6) is 5.88 Å². The molecule has 0 aliphatic carbocycles. The maximum atomic E-state index is 13.2. The van der Waals surface area contributed by atoms with E-state index in [0.29, 0.717) is 29.6 Å². The van der Waals surface area contributed by atoms with E-state index in [1.165, 1.54) is 4.90 Å². The minimum Gasteiger partial charge on any atom is -0.474 e. The first-order chi connectivity index (χ1) is 17.7. The van der Waals surface area contributed by atoms with Crippen molar-refractivity contribution in [3.05, 3.63) is 71.8 Å². The van der Waals surface area contributed by atoms with Crippen LogP contribution >= 0.6 is 0 Å². The molecule has 0 saturated carbocycles. The Morgan fingerprint density at radius 3 is 2.38 bits per heavy atom. The van der Waals surface area contributed by atoms with Crippen LogP contribution in [0.1, 0.15) is 17.0 Å². The van der Waals surface area contributed by atoms with E-state index in [1.807, 2.05) is 60.7 Å². The smallest absolute Gasteiger partial charge is 0.401 e. The molecule has 2 heterocycles. The second kappa shape index (κ2) is 11.7. The molecule has 1 fully saturated rings. The SMILES string of the molecule is COCCOc1nn(-c2ccccc2)c(NC(=O)N[C@H]2CN(CC(F)(F)F)C[C@@H]2c2ccccc2)c1C. The van der Waals surface area contributed by atoms with Gasteiger partial charge in [0.05, 0.1) is 30.4 Å². The number of nitrogens with zero attached hydrogens (tertiary/aromatic N) is 3. The molecule has 198 valence electrons. The lowest BCUT2D eigenvalue weighted by atomic mass is 9.94. The normalized spacial score (nSPS) is 18.1. The van der Waals surface area contributed by atoms with Gasteiger partial charge in [0.2, 0.25) is 5.88 Å². The van der Waals surface area contributed by atoms with Crippen LogP contribution in [0.2, 0.25) is 0 Å². The first kappa shape index (κ1) is 26.5. The quantitative estimate of drug-likeness (QED) is 0.413. The Balaban J connectivity index is 1.55. The molecule has 11 heteroatoms. The zero-order valence-electron chi connectivity index (χ0n) is 20.7.